The number of nitrogens with zero attached hydrogens (tertiary/aromatic N) is 2. The highest BCUT2D eigenvalue weighted by molar-refractivity contribution is 14.0. The first kappa shape index (κ1) is 22.7. The highest BCUT2D eigenvalue weighted by atomic mass is 127. The maximum atomic E-state index is 5.38. The molecule has 0 radical (unpaired) electrons. The molecular formula is C19H29IN4OS. The molecule has 0 fully saturated rings. The van der Waals surface area contributed by atoms with Crippen LogP contribution in [0.15, 0.2) is 34.6 Å². The number of benzene rings is 1. The van der Waals surface area contributed by atoms with Gasteiger partial charge in [0, 0.05) is 36.4 Å². The van der Waals surface area contributed by atoms with E-state index in [1.807, 2.05) is 24.3 Å². The van der Waals surface area contributed by atoms with Gasteiger partial charge in [0.2, 0.25) is 0 Å². The largest absolute Gasteiger partial charge is 0.496 e. The third-order valence-electron chi connectivity index (χ3n) is 3.68. The van der Waals surface area contributed by atoms with E-state index in [2.05, 4.69) is 46.8 Å². The summed E-state index contributed by atoms with van der Waals surface area (Å²) in [6.45, 7) is 8.62. The van der Waals surface area contributed by atoms with Gasteiger partial charge in [0.25, 0.3) is 0 Å². The molecule has 0 aliphatic carbocycles. The molecule has 1 aromatic carbocycles. The molecule has 1 aromatic heterocycles. The van der Waals surface area contributed by atoms with Crippen molar-refractivity contribution in [2.24, 2.45) is 4.99 Å². The van der Waals surface area contributed by atoms with Crippen LogP contribution in [-0.2, 0) is 13.0 Å². The summed E-state index contributed by atoms with van der Waals surface area (Å²) < 4.78 is 5.38. The standard InChI is InChI=1S/C19H28N4OS.HI/c1-5-20-19(22-12-15-8-6-7-9-17(15)24-4)21-11-10-16-13-25-18(23-16)14(2)3;/h6-9,13-14H,5,10-12H2,1-4H3,(H2,20,21,22);1H. The van der Waals surface area contributed by atoms with E-state index in [-0.39, 0.29) is 24.0 Å². The van der Waals surface area contributed by atoms with Gasteiger partial charge in [-0.15, -0.1) is 35.3 Å². The van der Waals surface area contributed by atoms with E-state index < -0.39 is 0 Å². The number of hydrogen-bond donors (Lipinski definition) is 2. The molecule has 2 rings (SSSR count). The molecule has 5 nitrogen and oxygen atoms in total. The van der Waals surface area contributed by atoms with Crippen LogP contribution in [0.1, 0.15) is 43.0 Å². The predicted octanol–water partition coefficient (Wildman–Crippen LogP) is 4.19. The highest BCUT2D eigenvalue weighted by Crippen LogP contribution is 2.19. The lowest BCUT2D eigenvalue weighted by atomic mass is 10.2. The van der Waals surface area contributed by atoms with Crippen molar-refractivity contribution in [1.82, 2.24) is 15.6 Å². The monoisotopic (exact) mass is 488 g/mol. The molecule has 1 heterocycles. The van der Waals surface area contributed by atoms with Crippen LogP contribution in [0.3, 0.4) is 0 Å². The van der Waals surface area contributed by atoms with Gasteiger partial charge in [-0.1, -0.05) is 32.0 Å². The first-order valence-electron chi connectivity index (χ1n) is 8.72. The molecule has 0 amide bonds. The van der Waals surface area contributed by atoms with Crippen molar-refractivity contribution in [2.45, 2.75) is 39.7 Å². The van der Waals surface area contributed by atoms with Gasteiger partial charge < -0.3 is 15.4 Å². The van der Waals surface area contributed by atoms with Gasteiger partial charge in [-0.25, -0.2) is 9.98 Å². The lowest BCUT2D eigenvalue weighted by molar-refractivity contribution is 0.410. The summed E-state index contributed by atoms with van der Waals surface area (Å²) in [5.41, 5.74) is 2.21. The molecule has 0 spiro atoms. The number of aromatic nitrogens is 1. The van der Waals surface area contributed by atoms with E-state index in [0.29, 0.717) is 12.5 Å². The van der Waals surface area contributed by atoms with Gasteiger partial charge in [-0.05, 0) is 13.0 Å². The summed E-state index contributed by atoms with van der Waals surface area (Å²) in [6.07, 6.45) is 0.891. The second-order valence-corrected chi connectivity index (χ2v) is 6.91. The van der Waals surface area contributed by atoms with E-state index >= 15 is 0 Å². The van der Waals surface area contributed by atoms with Crippen molar-refractivity contribution in [3.63, 3.8) is 0 Å². The van der Waals surface area contributed by atoms with E-state index in [4.69, 9.17) is 4.74 Å². The Labute approximate surface area is 177 Å². The van der Waals surface area contributed by atoms with Crippen molar-refractivity contribution in [3.8, 4) is 5.75 Å². The van der Waals surface area contributed by atoms with Gasteiger partial charge in [-0.3, -0.25) is 0 Å². The molecular weight excluding hydrogens is 459 g/mol. The van der Waals surface area contributed by atoms with Crippen molar-refractivity contribution >= 4 is 41.3 Å². The number of halogens is 1. The Morgan fingerprint density at radius 3 is 2.69 bits per heavy atom. The topological polar surface area (TPSA) is 58.5 Å². The first-order chi connectivity index (χ1) is 12.1. The number of methoxy groups -OCH3 is 1. The van der Waals surface area contributed by atoms with Crippen LogP contribution in [0.4, 0.5) is 0 Å². The van der Waals surface area contributed by atoms with Gasteiger partial charge in [0.15, 0.2) is 5.96 Å². The Bertz CT molecular complexity index is 688. The Hall–Kier alpha value is -1.35. The second kappa shape index (κ2) is 12.1. The molecule has 0 atom stereocenters. The molecule has 0 aliphatic rings. The van der Waals surface area contributed by atoms with Gasteiger partial charge in [0.1, 0.15) is 5.75 Å². The minimum atomic E-state index is 0. The average Bonchev–Trinajstić information content (AvgIpc) is 3.09. The minimum absolute atomic E-state index is 0. The van der Waals surface area contributed by atoms with Crippen molar-refractivity contribution in [2.75, 3.05) is 20.2 Å². The lowest BCUT2D eigenvalue weighted by Crippen LogP contribution is -2.38. The van der Waals surface area contributed by atoms with Crippen LogP contribution < -0.4 is 15.4 Å². The molecule has 26 heavy (non-hydrogen) atoms. The van der Waals surface area contributed by atoms with Crippen LogP contribution >= 0.6 is 35.3 Å². The summed E-state index contributed by atoms with van der Waals surface area (Å²) in [6, 6.07) is 7.96. The third-order valence-corrected chi connectivity index (χ3v) is 4.88. The van der Waals surface area contributed by atoms with Gasteiger partial charge in [0.05, 0.1) is 24.4 Å². The fraction of sp³-hybridized carbons (Fsp3) is 0.474. The number of ether oxygens (including phenoxy) is 1. The normalized spacial score (nSPS) is 11.2. The van der Waals surface area contributed by atoms with E-state index in [1.54, 1.807) is 18.4 Å². The molecule has 0 saturated carbocycles. The number of para-hydroxylation sites is 1. The van der Waals surface area contributed by atoms with Crippen LogP contribution in [0.2, 0.25) is 0 Å². The Morgan fingerprint density at radius 2 is 2.04 bits per heavy atom. The highest BCUT2D eigenvalue weighted by Gasteiger charge is 2.06. The molecule has 0 bridgehead atoms. The van der Waals surface area contributed by atoms with Crippen LogP contribution in [0, 0.1) is 0 Å². The Balaban J connectivity index is 0.00000338. The number of thiazole rings is 1. The molecule has 7 heteroatoms. The molecule has 144 valence electrons. The fourth-order valence-electron chi connectivity index (χ4n) is 2.35. The number of rotatable bonds is 8. The Kier molecular flexibility index (Phi) is 10.6. The zero-order valence-electron chi connectivity index (χ0n) is 15.9. The first-order valence-corrected chi connectivity index (χ1v) is 9.60. The van der Waals surface area contributed by atoms with Crippen molar-refractivity contribution in [1.29, 1.82) is 0 Å². The molecule has 0 aliphatic heterocycles. The number of guanidine groups is 1. The zero-order valence-corrected chi connectivity index (χ0v) is 19.1. The Morgan fingerprint density at radius 1 is 1.27 bits per heavy atom. The minimum Gasteiger partial charge on any atom is -0.496 e. The number of aliphatic imine (C=N–C) groups is 1. The summed E-state index contributed by atoms with van der Waals surface area (Å²) >= 11 is 1.74. The fourth-order valence-corrected chi connectivity index (χ4v) is 3.22. The third kappa shape index (κ3) is 7.11. The smallest absolute Gasteiger partial charge is 0.191 e. The second-order valence-electron chi connectivity index (χ2n) is 6.02. The number of nitrogens with one attached hydrogen (secondary N) is 2. The maximum absolute atomic E-state index is 5.38. The molecule has 2 aromatic rings. The van der Waals surface area contributed by atoms with Crippen molar-refractivity contribution in [3.05, 3.63) is 45.9 Å². The lowest BCUT2D eigenvalue weighted by Gasteiger charge is -2.11. The summed E-state index contributed by atoms with van der Waals surface area (Å²) in [5.74, 6) is 2.17. The molecule has 0 unspecified atom stereocenters. The van der Waals surface area contributed by atoms with Crippen LogP contribution in [-0.4, -0.2) is 31.1 Å². The zero-order chi connectivity index (χ0) is 18.1. The van der Waals surface area contributed by atoms with E-state index in [1.165, 1.54) is 5.01 Å². The average molecular weight is 488 g/mol. The summed E-state index contributed by atoms with van der Waals surface area (Å²) in [5, 5.41) is 10.0. The molecule has 2 N–H and O–H groups in total. The molecule has 0 saturated heterocycles. The predicted molar refractivity (Wildman–Crippen MR) is 121 cm³/mol. The summed E-state index contributed by atoms with van der Waals surface area (Å²) in [4.78, 5) is 9.32. The van der Waals surface area contributed by atoms with Gasteiger partial charge in [-0.2, -0.15) is 0 Å². The quantitative estimate of drug-likeness (QED) is 0.333. The van der Waals surface area contributed by atoms with Crippen LogP contribution in [0.25, 0.3) is 0 Å². The summed E-state index contributed by atoms with van der Waals surface area (Å²) in [7, 11) is 1.69. The van der Waals surface area contributed by atoms with Crippen molar-refractivity contribution < 1.29 is 4.74 Å². The van der Waals surface area contributed by atoms with E-state index in [0.717, 1.165) is 42.5 Å². The van der Waals surface area contributed by atoms with E-state index in [9.17, 15) is 0 Å². The number of hydrogen-bond acceptors (Lipinski definition) is 4. The SMILES string of the molecule is CCNC(=NCc1ccccc1OC)NCCc1csc(C(C)C)n1.I. The maximum Gasteiger partial charge on any atom is 0.191 e. The van der Waals surface area contributed by atoms with Gasteiger partial charge >= 0.3 is 0 Å². The van der Waals surface area contributed by atoms with Crippen LogP contribution in [0.5, 0.6) is 5.75 Å².